The van der Waals surface area contributed by atoms with Gasteiger partial charge < -0.3 is 10.2 Å². The number of nitrogens with one attached hydrogen (secondary N) is 1. The summed E-state index contributed by atoms with van der Waals surface area (Å²) in [6.07, 6.45) is 2.42. The normalized spacial score (nSPS) is 14.1. The molecule has 0 aromatic heterocycles. The second-order valence-electron chi connectivity index (χ2n) is 5.80. The minimum absolute atomic E-state index is 0.937. The van der Waals surface area contributed by atoms with Crippen molar-refractivity contribution in [1.82, 2.24) is 5.32 Å². The molecule has 21 heavy (non-hydrogen) atoms. The molecular weight excluding hydrogens is 256 g/mol. The Morgan fingerprint density at radius 2 is 1.95 bits per heavy atom. The lowest BCUT2D eigenvalue weighted by Crippen LogP contribution is -2.26. The first-order chi connectivity index (χ1) is 10.3. The first kappa shape index (κ1) is 14.2. The van der Waals surface area contributed by atoms with E-state index in [1.165, 1.54) is 40.9 Å². The van der Waals surface area contributed by atoms with E-state index in [1.807, 2.05) is 0 Å². The van der Waals surface area contributed by atoms with Crippen molar-refractivity contribution < 1.29 is 0 Å². The van der Waals surface area contributed by atoms with Crippen LogP contribution in [0.15, 0.2) is 42.5 Å². The Hall–Kier alpha value is -1.80. The largest absolute Gasteiger partial charge is 0.341 e. The highest BCUT2D eigenvalue weighted by Crippen LogP contribution is 2.35. The quantitative estimate of drug-likeness (QED) is 0.903. The third-order valence-corrected chi connectivity index (χ3v) is 4.20. The highest BCUT2D eigenvalue weighted by molar-refractivity contribution is 5.70. The number of aryl methyl sites for hydroxylation is 2. The van der Waals surface area contributed by atoms with Gasteiger partial charge in [-0.1, -0.05) is 42.8 Å². The molecule has 2 heteroatoms. The van der Waals surface area contributed by atoms with Gasteiger partial charge in [-0.15, -0.1) is 0 Å². The lowest BCUT2D eigenvalue weighted by atomic mass is 9.99. The molecule has 0 saturated heterocycles. The monoisotopic (exact) mass is 280 g/mol. The van der Waals surface area contributed by atoms with Crippen molar-refractivity contribution in [2.45, 2.75) is 33.2 Å². The summed E-state index contributed by atoms with van der Waals surface area (Å²) in [6, 6.07) is 15.6. The molecule has 3 rings (SSSR count). The molecule has 2 aromatic rings. The van der Waals surface area contributed by atoms with E-state index in [0.29, 0.717) is 0 Å². The average molecular weight is 280 g/mol. The van der Waals surface area contributed by atoms with Crippen molar-refractivity contribution in [3.05, 3.63) is 59.2 Å². The molecule has 110 valence electrons. The van der Waals surface area contributed by atoms with Crippen molar-refractivity contribution in [2.24, 2.45) is 0 Å². The molecule has 2 nitrogen and oxygen atoms in total. The molecule has 2 aromatic carbocycles. The van der Waals surface area contributed by atoms with Crippen LogP contribution in [0.25, 0.3) is 0 Å². The van der Waals surface area contributed by atoms with Gasteiger partial charge in [0.25, 0.3) is 0 Å². The SMILES string of the molecule is CCNCc1cc(C)ccc1N1CCCc2ccccc21. The third kappa shape index (κ3) is 2.96. The van der Waals surface area contributed by atoms with Crippen LogP contribution in [0, 0.1) is 6.92 Å². The molecule has 1 N–H and O–H groups in total. The van der Waals surface area contributed by atoms with Crippen LogP contribution in [-0.2, 0) is 13.0 Å². The lowest BCUT2D eigenvalue weighted by Gasteiger charge is -2.33. The number of hydrogen-bond acceptors (Lipinski definition) is 2. The Morgan fingerprint density at radius 1 is 1.10 bits per heavy atom. The topological polar surface area (TPSA) is 15.3 Å². The van der Waals surface area contributed by atoms with Gasteiger partial charge in [0.05, 0.1) is 0 Å². The summed E-state index contributed by atoms with van der Waals surface area (Å²) < 4.78 is 0. The predicted octanol–water partition coefficient (Wildman–Crippen LogP) is 4.19. The summed E-state index contributed by atoms with van der Waals surface area (Å²) >= 11 is 0. The van der Waals surface area contributed by atoms with E-state index in [2.05, 4.69) is 66.5 Å². The zero-order valence-electron chi connectivity index (χ0n) is 13.0. The highest BCUT2D eigenvalue weighted by atomic mass is 15.1. The molecule has 1 aliphatic heterocycles. The number of anilines is 2. The minimum atomic E-state index is 0.937. The maximum atomic E-state index is 3.47. The van der Waals surface area contributed by atoms with Crippen LogP contribution in [0.5, 0.6) is 0 Å². The fourth-order valence-electron chi connectivity index (χ4n) is 3.16. The van der Waals surface area contributed by atoms with Gasteiger partial charge in [-0.3, -0.25) is 0 Å². The molecule has 1 heterocycles. The maximum Gasteiger partial charge on any atom is 0.0456 e. The number of para-hydroxylation sites is 1. The van der Waals surface area contributed by atoms with Crippen molar-refractivity contribution in [3.8, 4) is 0 Å². The summed E-state index contributed by atoms with van der Waals surface area (Å²) in [5.74, 6) is 0. The van der Waals surface area contributed by atoms with Crippen molar-refractivity contribution >= 4 is 11.4 Å². The molecule has 0 amide bonds. The molecule has 0 fully saturated rings. The molecule has 0 atom stereocenters. The van der Waals surface area contributed by atoms with Crippen LogP contribution >= 0.6 is 0 Å². The second kappa shape index (κ2) is 6.31. The van der Waals surface area contributed by atoms with E-state index in [1.54, 1.807) is 0 Å². The van der Waals surface area contributed by atoms with Crippen LogP contribution in [0.2, 0.25) is 0 Å². The molecule has 0 radical (unpaired) electrons. The molecule has 0 spiro atoms. The Kier molecular flexibility index (Phi) is 4.26. The van der Waals surface area contributed by atoms with E-state index in [-0.39, 0.29) is 0 Å². The van der Waals surface area contributed by atoms with Crippen molar-refractivity contribution in [2.75, 3.05) is 18.0 Å². The van der Waals surface area contributed by atoms with Crippen LogP contribution in [0.4, 0.5) is 11.4 Å². The first-order valence-electron chi connectivity index (χ1n) is 7.95. The Bertz CT molecular complexity index is 619. The number of rotatable bonds is 4. The molecule has 0 unspecified atom stereocenters. The standard InChI is InChI=1S/C19H24N2/c1-3-20-14-17-13-15(2)10-11-19(17)21-12-6-8-16-7-4-5-9-18(16)21/h4-5,7,9-11,13,20H,3,6,8,12,14H2,1-2H3. The van der Waals surface area contributed by atoms with Gasteiger partial charge in [-0.05, 0) is 49.6 Å². The van der Waals surface area contributed by atoms with Crippen molar-refractivity contribution in [3.63, 3.8) is 0 Å². The molecule has 0 bridgehead atoms. The van der Waals surface area contributed by atoms with E-state index in [9.17, 15) is 0 Å². The summed E-state index contributed by atoms with van der Waals surface area (Å²) in [6.45, 7) is 7.38. The molecule has 1 aliphatic rings. The summed E-state index contributed by atoms with van der Waals surface area (Å²) in [7, 11) is 0. The second-order valence-corrected chi connectivity index (χ2v) is 5.80. The fourth-order valence-corrected chi connectivity index (χ4v) is 3.16. The number of fused-ring (bicyclic) bond motifs is 1. The molecule has 0 aliphatic carbocycles. The average Bonchev–Trinajstić information content (AvgIpc) is 2.52. The summed E-state index contributed by atoms with van der Waals surface area (Å²) in [4.78, 5) is 2.49. The van der Waals surface area contributed by atoms with Gasteiger partial charge in [0.15, 0.2) is 0 Å². The Morgan fingerprint density at radius 3 is 2.81 bits per heavy atom. The Balaban J connectivity index is 2.01. The number of nitrogens with zero attached hydrogens (tertiary/aromatic N) is 1. The number of hydrogen-bond donors (Lipinski definition) is 1. The van der Waals surface area contributed by atoms with Crippen LogP contribution in [0.3, 0.4) is 0 Å². The predicted molar refractivity (Wildman–Crippen MR) is 90.3 cm³/mol. The van der Waals surface area contributed by atoms with Crippen molar-refractivity contribution in [1.29, 1.82) is 0 Å². The van der Waals surface area contributed by atoms with Crippen LogP contribution < -0.4 is 10.2 Å². The first-order valence-corrected chi connectivity index (χ1v) is 7.95. The van der Waals surface area contributed by atoms with Crippen LogP contribution in [0.1, 0.15) is 30.0 Å². The summed E-state index contributed by atoms with van der Waals surface area (Å²) in [5.41, 5.74) is 6.93. The minimum Gasteiger partial charge on any atom is -0.341 e. The van der Waals surface area contributed by atoms with Gasteiger partial charge in [0, 0.05) is 24.5 Å². The molecular formula is C19H24N2. The zero-order chi connectivity index (χ0) is 14.7. The van der Waals surface area contributed by atoms with E-state index in [4.69, 9.17) is 0 Å². The highest BCUT2D eigenvalue weighted by Gasteiger charge is 2.19. The van der Waals surface area contributed by atoms with E-state index >= 15 is 0 Å². The van der Waals surface area contributed by atoms with E-state index < -0.39 is 0 Å². The smallest absolute Gasteiger partial charge is 0.0456 e. The Labute approximate surface area is 127 Å². The lowest BCUT2D eigenvalue weighted by molar-refractivity contribution is 0.717. The summed E-state index contributed by atoms with van der Waals surface area (Å²) in [5, 5.41) is 3.47. The van der Waals surface area contributed by atoms with Gasteiger partial charge in [0.1, 0.15) is 0 Å². The van der Waals surface area contributed by atoms with Gasteiger partial charge >= 0.3 is 0 Å². The number of benzene rings is 2. The molecule has 0 saturated carbocycles. The third-order valence-electron chi connectivity index (χ3n) is 4.20. The fraction of sp³-hybridized carbons (Fsp3) is 0.368. The van der Waals surface area contributed by atoms with Gasteiger partial charge in [0.2, 0.25) is 0 Å². The zero-order valence-corrected chi connectivity index (χ0v) is 13.0. The van der Waals surface area contributed by atoms with Gasteiger partial charge in [-0.2, -0.15) is 0 Å². The van der Waals surface area contributed by atoms with Gasteiger partial charge in [-0.25, -0.2) is 0 Å². The van der Waals surface area contributed by atoms with E-state index in [0.717, 1.165) is 19.6 Å². The maximum absolute atomic E-state index is 3.47. The van der Waals surface area contributed by atoms with Crippen LogP contribution in [-0.4, -0.2) is 13.1 Å².